The van der Waals surface area contributed by atoms with Crippen LogP contribution in [0.1, 0.15) is 33.5 Å². The van der Waals surface area contributed by atoms with Gasteiger partial charge in [0, 0.05) is 25.0 Å². The van der Waals surface area contributed by atoms with Gasteiger partial charge < -0.3 is 5.32 Å². The van der Waals surface area contributed by atoms with Gasteiger partial charge in [0.2, 0.25) is 0 Å². The molecule has 5 heteroatoms. The van der Waals surface area contributed by atoms with E-state index in [1.54, 1.807) is 4.68 Å². The Kier molecular flexibility index (Phi) is 4.41. The topological polar surface area (TPSA) is 42.7 Å². The van der Waals surface area contributed by atoms with Crippen LogP contribution in [0, 0.1) is 0 Å². The highest BCUT2D eigenvalue weighted by Crippen LogP contribution is 2.05. The summed E-state index contributed by atoms with van der Waals surface area (Å²) in [5.41, 5.74) is -0.0528. The molecule has 16 heavy (non-hydrogen) atoms. The molecule has 1 atom stereocenters. The second kappa shape index (κ2) is 5.39. The average molecular weight is 228 g/mol. The Bertz CT molecular complexity index is 316. The van der Waals surface area contributed by atoms with Crippen LogP contribution in [0.3, 0.4) is 0 Å². The van der Waals surface area contributed by atoms with Crippen molar-refractivity contribution in [1.29, 1.82) is 0 Å². The molecule has 0 saturated heterocycles. The molecule has 0 aliphatic carbocycles. The molecule has 92 valence electrons. The van der Waals surface area contributed by atoms with E-state index in [-0.39, 0.29) is 5.54 Å². The molecule has 1 unspecified atom stereocenters. The van der Waals surface area contributed by atoms with E-state index in [0.717, 1.165) is 6.54 Å². The lowest BCUT2D eigenvalue weighted by atomic mass is 10.1. The van der Waals surface area contributed by atoms with E-state index in [1.807, 2.05) is 27.7 Å². The summed E-state index contributed by atoms with van der Waals surface area (Å²) in [6.45, 7) is 9.12. The molecule has 0 aromatic carbocycles. The van der Waals surface area contributed by atoms with E-state index < -0.39 is 6.17 Å². The van der Waals surface area contributed by atoms with Gasteiger partial charge in [-0.1, -0.05) is 0 Å². The Morgan fingerprint density at radius 3 is 2.75 bits per heavy atom. The van der Waals surface area contributed by atoms with Gasteiger partial charge >= 0.3 is 0 Å². The molecule has 4 nitrogen and oxygen atoms in total. The van der Waals surface area contributed by atoms with Crippen molar-refractivity contribution in [3.63, 3.8) is 0 Å². The lowest BCUT2D eigenvalue weighted by molar-refractivity contribution is 0.278. The number of nitrogens with one attached hydrogen (secondary N) is 1. The number of hydrogen-bond acceptors (Lipinski definition) is 3. The third-order valence-electron chi connectivity index (χ3n) is 2.25. The van der Waals surface area contributed by atoms with Gasteiger partial charge in [-0.05, 0) is 27.7 Å². The first-order valence-electron chi connectivity index (χ1n) is 5.68. The number of alkyl halides is 1. The zero-order valence-electron chi connectivity index (χ0n) is 10.5. The Labute approximate surface area is 96.3 Å². The van der Waals surface area contributed by atoms with Crippen LogP contribution in [0.25, 0.3) is 0 Å². The van der Waals surface area contributed by atoms with Crippen LogP contribution in [0.2, 0.25) is 0 Å². The fourth-order valence-corrected chi connectivity index (χ4v) is 1.40. The molecule has 0 bridgehead atoms. The molecule has 0 fully saturated rings. The molecule has 1 aromatic heterocycles. The quantitative estimate of drug-likeness (QED) is 0.831. The molecule has 1 heterocycles. The van der Waals surface area contributed by atoms with Crippen molar-refractivity contribution in [3.05, 3.63) is 12.2 Å². The summed E-state index contributed by atoms with van der Waals surface area (Å²) in [6.07, 6.45) is 0.869. The van der Waals surface area contributed by atoms with Gasteiger partial charge in [0.25, 0.3) is 0 Å². The van der Waals surface area contributed by atoms with Gasteiger partial charge in [0.05, 0.1) is 0 Å². The van der Waals surface area contributed by atoms with Crippen LogP contribution in [0.5, 0.6) is 0 Å². The lowest BCUT2D eigenvalue weighted by Gasteiger charge is -2.21. The Morgan fingerprint density at radius 1 is 1.50 bits per heavy atom. The predicted molar refractivity (Wildman–Crippen MR) is 62.1 cm³/mol. The summed E-state index contributed by atoms with van der Waals surface area (Å²) in [7, 11) is 0. The molecule has 1 rings (SSSR count). The molecular formula is C11H21FN4. The summed E-state index contributed by atoms with van der Waals surface area (Å²) in [6, 6.07) is 0. The zero-order chi connectivity index (χ0) is 12.2. The van der Waals surface area contributed by atoms with E-state index in [9.17, 15) is 4.39 Å². The van der Waals surface area contributed by atoms with Gasteiger partial charge in [0.1, 0.15) is 18.3 Å². The van der Waals surface area contributed by atoms with Crippen molar-refractivity contribution in [2.24, 2.45) is 0 Å². The van der Waals surface area contributed by atoms with Crippen molar-refractivity contribution < 1.29 is 4.39 Å². The number of hydrogen-bond donors (Lipinski definition) is 1. The molecule has 0 aliphatic heterocycles. The van der Waals surface area contributed by atoms with Crippen molar-refractivity contribution >= 4 is 0 Å². The molecule has 1 N–H and O–H groups in total. The fourth-order valence-electron chi connectivity index (χ4n) is 1.40. The van der Waals surface area contributed by atoms with Gasteiger partial charge in [-0.15, -0.1) is 0 Å². The summed E-state index contributed by atoms with van der Waals surface area (Å²) in [4.78, 5) is 4.06. The normalized spacial score (nSPS) is 14.1. The third-order valence-corrected chi connectivity index (χ3v) is 2.25. The van der Waals surface area contributed by atoms with Crippen LogP contribution in [-0.4, -0.2) is 33.0 Å². The maximum Gasteiger partial charge on any atom is 0.138 e. The largest absolute Gasteiger partial charge is 0.309 e. The maximum atomic E-state index is 13.7. The zero-order valence-corrected chi connectivity index (χ0v) is 10.5. The Morgan fingerprint density at radius 2 is 2.19 bits per heavy atom. The van der Waals surface area contributed by atoms with Crippen LogP contribution in [0.15, 0.2) is 6.33 Å². The van der Waals surface area contributed by atoms with Crippen LogP contribution in [-0.2, 0) is 13.0 Å². The highest BCUT2D eigenvalue weighted by molar-refractivity contribution is 4.88. The first kappa shape index (κ1) is 13.1. The number of halogens is 1. The second-order valence-corrected chi connectivity index (χ2v) is 4.92. The third kappa shape index (κ3) is 4.26. The summed E-state index contributed by atoms with van der Waals surface area (Å²) < 4.78 is 15.4. The highest BCUT2D eigenvalue weighted by atomic mass is 19.1. The lowest BCUT2D eigenvalue weighted by Crippen LogP contribution is -2.40. The first-order valence-corrected chi connectivity index (χ1v) is 5.68. The maximum absolute atomic E-state index is 13.7. The van der Waals surface area contributed by atoms with E-state index in [0.29, 0.717) is 18.8 Å². The number of aryl methyl sites for hydroxylation is 1. The number of rotatable bonds is 5. The standard InChI is InChI=1S/C11H21FN4/c1-5-16-10(13-8-15-16)6-9(12)7-14-11(2,3)4/h8-9,14H,5-7H2,1-4H3. The van der Waals surface area contributed by atoms with Gasteiger partial charge in [-0.25, -0.2) is 9.37 Å². The van der Waals surface area contributed by atoms with Gasteiger partial charge in [-0.2, -0.15) is 5.10 Å². The van der Waals surface area contributed by atoms with Crippen LogP contribution < -0.4 is 5.32 Å². The minimum Gasteiger partial charge on any atom is -0.309 e. The SMILES string of the molecule is CCn1ncnc1CC(F)CNC(C)(C)C. The first-order chi connectivity index (χ1) is 7.42. The van der Waals surface area contributed by atoms with Crippen LogP contribution >= 0.6 is 0 Å². The number of aromatic nitrogens is 3. The van der Waals surface area contributed by atoms with Crippen LogP contribution in [0.4, 0.5) is 4.39 Å². The van der Waals surface area contributed by atoms with Crippen molar-refractivity contribution in [1.82, 2.24) is 20.1 Å². The van der Waals surface area contributed by atoms with E-state index in [2.05, 4.69) is 15.4 Å². The highest BCUT2D eigenvalue weighted by Gasteiger charge is 2.16. The summed E-state index contributed by atoms with van der Waals surface area (Å²) in [5, 5.41) is 7.15. The minimum absolute atomic E-state index is 0.0528. The molecular weight excluding hydrogens is 207 g/mol. The minimum atomic E-state index is -0.922. The smallest absolute Gasteiger partial charge is 0.138 e. The van der Waals surface area contributed by atoms with E-state index in [1.165, 1.54) is 6.33 Å². The average Bonchev–Trinajstić information content (AvgIpc) is 2.61. The molecule has 0 radical (unpaired) electrons. The Balaban J connectivity index is 2.42. The number of nitrogens with zero attached hydrogens (tertiary/aromatic N) is 3. The van der Waals surface area contributed by atoms with Crippen molar-refractivity contribution in [2.75, 3.05) is 6.54 Å². The van der Waals surface area contributed by atoms with Gasteiger partial charge in [0.15, 0.2) is 0 Å². The monoisotopic (exact) mass is 228 g/mol. The predicted octanol–water partition coefficient (Wildman–Crippen LogP) is 1.57. The Hall–Kier alpha value is -0.970. The molecule has 0 amide bonds. The molecule has 1 aromatic rings. The second-order valence-electron chi connectivity index (χ2n) is 4.92. The molecule has 0 saturated carbocycles. The summed E-state index contributed by atoms with van der Waals surface area (Å²) in [5.74, 6) is 0.714. The summed E-state index contributed by atoms with van der Waals surface area (Å²) >= 11 is 0. The molecule has 0 spiro atoms. The van der Waals surface area contributed by atoms with Gasteiger partial charge in [-0.3, -0.25) is 4.68 Å². The van der Waals surface area contributed by atoms with Crippen molar-refractivity contribution in [3.8, 4) is 0 Å². The molecule has 0 aliphatic rings. The fraction of sp³-hybridized carbons (Fsp3) is 0.818. The van der Waals surface area contributed by atoms with Crippen molar-refractivity contribution in [2.45, 2.75) is 52.4 Å². The van der Waals surface area contributed by atoms with E-state index >= 15 is 0 Å². The van der Waals surface area contributed by atoms with E-state index in [4.69, 9.17) is 0 Å².